The molecule has 4 heteroatoms. The highest BCUT2D eigenvalue weighted by atomic mass is 19.1. The molecule has 0 saturated carbocycles. The Hall–Kier alpha value is -1.60. The van der Waals surface area contributed by atoms with Crippen LogP contribution in [0.3, 0.4) is 0 Å². The maximum atomic E-state index is 13.4. The van der Waals surface area contributed by atoms with Gasteiger partial charge in [-0.05, 0) is 56.0 Å². The highest BCUT2D eigenvalue weighted by Gasteiger charge is 2.16. The van der Waals surface area contributed by atoms with Gasteiger partial charge in [-0.1, -0.05) is 0 Å². The van der Waals surface area contributed by atoms with Crippen LogP contribution >= 0.6 is 0 Å². The SMILES string of the molecule is N#Cc1cc(CC2CCCNC2)cc(F)c1O. The van der Waals surface area contributed by atoms with Crippen LogP contribution in [0.4, 0.5) is 4.39 Å². The van der Waals surface area contributed by atoms with Crippen LogP contribution in [0.2, 0.25) is 0 Å². The number of halogens is 1. The summed E-state index contributed by atoms with van der Waals surface area (Å²) < 4.78 is 13.4. The average Bonchev–Trinajstić information content (AvgIpc) is 2.35. The molecule has 1 atom stereocenters. The number of phenols is 1. The lowest BCUT2D eigenvalue weighted by atomic mass is 9.91. The molecule has 1 unspecified atom stereocenters. The third-order valence-electron chi connectivity index (χ3n) is 3.17. The molecule has 0 aromatic heterocycles. The number of piperidine rings is 1. The minimum absolute atomic E-state index is 0.0174. The Balaban J connectivity index is 2.16. The minimum atomic E-state index is -0.706. The first-order valence-electron chi connectivity index (χ1n) is 5.83. The number of nitrogens with one attached hydrogen (secondary N) is 1. The summed E-state index contributed by atoms with van der Waals surface area (Å²) in [5.74, 6) is -0.764. The predicted molar refractivity (Wildman–Crippen MR) is 62.1 cm³/mol. The number of hydrogen-bond acceptors (Lipinski definition) is 3. The fourth-order valence-corrected chi connectivity index (χ4v) is 2.29. The molecule has 0 bridgehead atoms. The number of rotatable bonds is 2. The van der Waals surface area contributed by atoms with Crippen LogP contribution < -0.4 is 5.32 Å². The van der Waals surface area contributed by atoms with Crippen LogP contribution in [0.25, 0.3) is 0 Å². The Morgan fingerprint density at radius 1 is 1.53 bits per heavy atom. The van der Waals surface area contributed by atoms with Gasteiger partial charge in [0.15, 0.2) is 11.6 Å². The van der Waals surface area contributed by atoms with Crippen molar-refractivity contribution < 1.29 is 9.50 Å². The van der Waals surface area contributed by atoms with E-state index in [0.29, 0.717) is 5.92 Å². The van der Waals surface area contributed by atoms with Crippen molar-refractivity contribution in [2.45, 2.75) is 19.3 Å². The molecule has 90 valence electrons. The summed E-state index contributed by atoms with van der Waals surface area (Å²) in [7, 11) is 0. The van der Waals surface area contributed by atoms with E-state index >= 15 is 0 Å². The Morgan fingerprint density at radius 3 is 3.00 bits per heavy atom. The number of phenolic OH excluding ortho intramolecular Hbond substituents is 1. The summed E-state index contributed by atoms with van der Waals surface area (Å²) in [5, 5.41) is 21.4. The van der Waals surface area contributed by atoms with E-state index in [9.17, 15) is 9.50 Å². The molecule has 1 aromatic rings. The Labute approximate surface area is 99.9 Å². The Morgan fingerprint density at radius 2 is 2.35 bits per heavy atom. The molecule has 0 radical (unpaired) electrons. The van der Waals surface area contributed by atoms with Crippen molar-refractivity contribution in [2.24, 2.45) is 5.92 Å². The van der Waals surface area contributed by atoms with E-state index in [1.54, 1.807) is 6.07 Å². The fraction of sp³-hybridized carbons (Fsp3) is 0.462. The van der Waals surface area contributed by atoms with Crippen LogP contribution in [-0.2, 0) is 6.42 Å². The van der Waals surface area contributed by atoms with Gasteiger partial charge in [-0.3, -0.25) is 0 Å². The van der Waals surface area contributed by atoms with E-state index in [2.05, 4.69) is 5.32 Å². The van der Waals surface area contributed by atoms with Gasteiger partial charge in [0.2, 0.25) is 0 Å². The van der Waals surface area contributed by atoms with Gasteiger partial charge in [0.1, 0.15) is 6.07 Å². The molecule has 2 rings (SSSR count). The summed E-state index contributed by atoms with van der Waals surface area (Å²) in [5.41, 5.74) is 0.800. The van der Waals surface area contributed by atoms with E-state index in [4.69, 9.17) is 5.26 Å². The molecule has 1 aliphatic heterocycles. The number of nitrogens with zero attached hydrogens (tertiary/aromatic N) is 1. The number of benzene rings is 1. The van der Waals surface area contributed by atoms with Gasteiger partial charge >= 0.3 is 0 Å². The minimum Gasteiger partial charge on any atom is -0.504 e. The summed E-state index contributed by atoms with van der Waals surface area (Å²) in [4.78, 5) is 0. The second kappa shape index (κ2) is 5.15. The van der Waals surface area contributed by atoms with Gasteiger partial charge in [0.05, 0.1) is 5.56 Å². The van der Waals surface area contributed by atoms with Gasteiger partial charge in [0, 0.05) is 0 Å². The molecule has 0 spiro atoms. The third-order valence-corrected chi connectivity index (χ3v) is 3.17. The lowest BCUT2D eigenvalue weighted by Gasteiger charge is -2.22. The fourth-order valence-electron chi connectivity index (χ4n) is 2.29. The largest absolute Gasteiger partial charge is 0.504 e. The normalized spacial score (nSPS) is 19.9. The quantitative estimate of drug-likeness (QED) is 0.822. The topological polar surface area (TPSA) is 56.0 Å². The summed E-state index contributed by atoms with van der Waals surface area (Å²) in [6.07, 6.45) is 3.01. The van der Waals surface area contributed by atoms with Crippen molar-refractivity contribution in [1.29, 1.82) is 5.26 Å². The molecule has 1 heterocycles. The van der Waals surface area contributed by atoms with Crippen molar-refractivity contribution >= 4 is 0 Å². The molecule has 1 aromatic carbocycles. The highest BCUT2D eigenvalue weighted by Crippen LogP contribution is 2.25. The van der Waals surface area contributed by atoms with E-state index in [1.165, 1.54) is 6.07 Å². The molecular formula is C13H15FN2O. The lowest BCUT2D eigenvalue weighted by molar-refractivity contribution is 0.374. The van der Waals surface area contributed by atoms with E-state index in [0.717, 1.165) is 37.9 Å². The first-order chi connectivity index (χ1) is 8.20. The van der Waals surface area contributed by atoms with Crippen molar-refractivity contribution in [3.05, 3.63) is 29.1 Å². The molecule has 1 saturated heterocycles. The maximum Gasteiger partial charge on any atom is 0.169 e. The molecule has 0 amide bonds. The average molecular weight is 234 g/mol. The first-order valence-corrected chi connectivity index (χ1v) is 5.83. The second-order valence-electron chi connectivity index (χ2n) is 4.50. The van der Waals surface area contributed by atoms with Crippen molar-refractivity contribution in [3.63, 3.8) is 0 Å². The summed E-state index contributed by atoms with van der Waals surface area (Å²) >= 11 is 0. The smallest absolute Gasteiger partial charge is 0.169 e. The zero-order valence-electron chi connectivity index (χ0n) is 9.54. The van der Waals surface area contributed by atoms with Crippen LogP contribution in [0, 0.1) is 23.1 Å². The van der Waals surface area contributed by atoms with Gasteiger partial charge in [0.25, 0.3) is 0 Å². The van der Waals surface area contributed by atoms with Crippen molar-refractivity contribution in [1.82, 2.24) is 5.32 Å². The zero-order valence-corrected chi connectivity index (χ0v) is 9.54. The molecule has 1 fully saturated rings. The predicted octanol–water partition coefficient (Wildman–Crippen LogP) is 1.95. The van der Waals surface area contributed by atoms with Gasteiger partial charge in [-0.15, -0.1) is 0 Å². The van der Waals surface area contributed by atoms with Gasteiger partial charge in [-0.2, -0.15) is 5.26 Å². The summed E-state index contributed by atoms with van der Waals surface area (Å²) in [6, 6.07) is 4.71. The summed E-state index contributed by atoms with van der Waals surface area (Å²) in [6.45, 7) is 1.98. The second-order valence-corrected chi connectivity index (χ2v) is 4.50. The standard InChI is InChI=1S/C13H15FN2O/c14-12-6-10(5-11(7-15)13(12)17)4-9-2-1-3-16-8-9/h5-6,9,16-17H,1-4,8H2. The maximum absolute atomic E-state index is 13.4. The van der Waals surface area contributed by atoms with Crippen LogP contribution in [0.5, 0.6) is 5.75 Å². The van der Waals surface area contributed by atoms with Crippen molar-refractivity contribution in [3.8, 4) is 11.8 Å². The third kappa shape index (κ3) is 2.75. The van der Waals surface area contributed by atoms with Crippen LogP contribution in [-0.4, -0.2) is 18.2 Å². The molecule has 3 nitrogen and oxygen atoms in total. The van der Waals surface area contributed by atoms with E-state index < -0.39 is 11.6 Å². The van der Waals surface area contributed by atoms with E-state index in [1.807, 2.05) is 6.07 Å². The molecule has 17 heavy (non-hydrogen) atoms. The number of aromatic hydroxyl groups is 1. The first kappa shape index (κ1) is 11.9. The van der Waals surface area contributed by atoms with Gasteiger partial charge in [-0.25, -0.2) is 4.39 Å². The Bertz CT molecular complexity index is 447. The number of hydrogen-bond donors (Lipinski definition) is 2. The van der Waals surface area contributed by atoms with Crippen LogP contribution in [0.1, 0.15) is 24.0 Å². The molecule has 2 N–H and O–H groups in total. The number of nitriles is 1. The molecule has 0 aliphatic carbocycles. The zero-order chi connectivity index (χ0) is 12.3. The van der Waals surface area contributed by atoms with Crippen LogP contribution in [0.15, 0.2) is 12.1 Å². The van der Waals surface area contributed by atoms with E-state index in [-0.39, 0.29) is 5.56 Å². The highest BCUT2D eigenvalue weighted by molar-refractivity contribution is 5.45. The van der Waals surface area contributed by atoms with Crippen molar-refractivity contribution in [2.75, 3.05) is 13.1 Å². The molecule has 1 aliphatic rings. The van der Waals surface area contributed by atoms with Gasteiger partial charge < -0.3 is 10.4 Å². The Kier molecular flexibility index (Phi) is 3.60. The lowest BCUT2D eigenvalue weighted by Crippen LogP contribution is -2.30. The molecular weight excluding hydrogens is 219 g/mol. The monoisotopic (exact) mass is 234 g/mol.